The Hall–Kier alpha value is -3.00. The van der Waals surface area contributed by atoms with Gasteiger partial charge in [-0.2, -0.15) is 5.10 Å². The summed E-state index contributed by atoms with van der Waals surface area (Å²) in [6.07, 6.45) is 2.34. The van der Waals surface area contributed by atoms with Gasteiger partial charge in [0.15, 0.2) is 0 Å². The van der Waals surface area contributed by atoms with Crippen LogP contribution in [-0.4, -0.2) is 58.2 Å². The maximum atomic E-state index is 15.6. The molecule has 1 N–H and O–H groups in total. The molecular weight excluding hydrogens is 438 g/mol. The van der Waals surface area contributed by atoms with E-state index >= 15 is 8.78 Å². The SMILES string of the molecule is CC(=O)N1CC(Oc2cc(F)c([C@@H]3c4ccc5[nH]ncc5c4CN(C)[C@H]3CC(C)C)c(F)c2)C1. The first kappa shape index (κ1) is 22.8. The Kier molecular flexibility index (Phi) is 5.80. The van der Waals surface area contributed by atoms with Crippen LogP contribution in [0.5, 0.6) is 5.75 Å². The number of H-pyrrole nitrogens is 1. The Bertz CT molecular complexity index is 1210. The first-order valence-corrected chi connectivity index (χ1v) is 11.8. The van der Waals surface area contributed by atoms with E-state index in [1.54, 1.807) is 11.1 Å². The number of rotatable bonds is 5. The molecule has 1 fully saturated rings. The lowest BCUT2D eigenvalue weighted by molar-refractivity contribution is -0.137. The minimum absolute atomic E-state index is 0.0319. The first-order valence-electron chi connectivity index (χ1n) is 11.8. The van der Waals surface area contributed by atoms with Crippen molar-refractivity contribution >= 4 is 16.8 Å². The van der Waals surface area contributed by atoms with Crippen molar-refractivity contribution in [3.05, 3.63) is 58.8 Å². The van der Waals surface area contributed by atoms with Crippen LogP contribution in [0, 0.1) is 17.6 Å². The van der Waals surface area contributed by atoms with E-state index in [0.717, 1.165) is 28.5 Å². The van der Waals surface area contributed by atoms with Crippen LogP contribution in [0.3, 0.4) is 0 Å². The molecule has 3 heterocycles. The molecule has 34 heavy (non-hydrogen) atoms. The van der Waals surface area contributed by atoms with E-state index < -0.39 is 17.6 Å². The number of halogens is 2. The standard InChI is InChI=1S/C26H30F2N4O2/c1-14(2)7-24-25(18-5-6-23-19(10-29-30-23)20(18)13-31(24)4)26-21(27)8-16(9-22(26)28)34-17-11-32(12-17)15(3)33/h5-6,8-10,14,17,24-25H,7,11-13H2,1-4H3,(H,29,30)/t24-,25+/m0/s1. The summed E-state index contributed by atoms with van der Waals surface area (Å²) in [4.78, 5) is 15.2. The molecule has 2 aliphatic heterocycles. The highest BCUT2D eigenvalue weighted by molar-refractivity contribution is 5.83. The van der Waals surface area contributed by atoms with Gasteiger partial charge >= 0.3 is 0 Å². The monoisotopic (exact) mass is 468 g/mol. The average Bonchev–Trinajstić information content (AvgIpc) is 3.20. The van der Waals surface area contributed by atoms with Crippen molar-refractivity contribution in [1.82, 2.24) is 20.0 Å². The largest absolute Gasteiger partial charge is 0.487 e. The summed E-state index contributed by atoms with van der Waals surface area (Å²) in [5.74, 6) is -1.18. The molecule has 0 radical (unpaired) electrons. The van der Waals surface area contributed by atoms with Gasteiger partial charge in [0.25, 0.3) is 0 Å². The summed E-state index contributed by atoms with van der Waals surface area (Å²) in [5.41, 5.74) is 2.99. The van der Waals surface area contributed by atoms with Crippen molar-refractivity contribution in [3.8, 4) is 5.75 Å². The summed E-state index contributed by atoms with van der Waals surface area (Å²) in [5, 5.41) is 8.15. The molecule has 5 rings (SSSR count). The van der Waals surface area contributed by atoms with Crippen molar-refractivity contribution in [2.45, 2.75) is 51.8 Å². The van der Waals surface area contributed by atoms with Gasteiger partial charge in [0.1, 0.15) is 23.5 Å². The summed E-state index contributed by atoms with van der Waals surface area (Å²) in [7, 11) is 2.02. The molecule has 2 aliphatic rings. The Morgan fingerprint density at radius 1 is 1.24 bits per heavy atom. The van der Waals surface area contributed by atoms with Crippen LogP contribution in [0.4, 0.5) is 8.78 Å². The number of likely N-dealkylation sites (N-methyl/N-ethyl adjacent to an activating group) is 1. The van der Waals surface area contributed by atoms with E-state index in [1.807, 2.05) is 19.2 Å². The third-order valence-corrected chi connectivity index (χ3v) is 7.14. The number of hydrogen-bond donors (Lipinski definition) is 1. The van der Waals surface area contributed by atoms with Gasteiger partial charge in [0, 0.05) is 48.5 Å². The van der Waals surface area contributed by atoms with Crippen LogP contribution in [0.25, 0.3) is 10.9 Å². The third kappa shape index (κ3) is 3.94. The zero-order chi connectivity index (χ0) is 24.1. The van der Waals surface area contributed by atoms with Gasteiger partial charge in [0.2, 0.25) is 5.91 Å². The number of likely N-dealkylation sites (tertiary alicyclic amines) is 1. The zero-order valence-corrected chi connectivity index (χ0v) is 19.9. The fourth-order valence-electron chi connectivity index (χ4n) is 5.42. The van der Waals surface area contributed by atoms with Gasteiger partial charge in [-0.1, -0.05) is 19.9 Å². The van der Waals surface area contributed by atoms with E-state index in [-0.39, 0.29) is 29.4 Å². The zero-order valence-electron chi connectivity index (χ0n) is 19.9. The molecule has 0 spiro atoms. The van der Waals surface area contributed by atoms with Crippen molar-refractivity contribution < 1.29 is 18.3 Å². The number of hydrogen-bond acceptors (Lipinski definition) is 4. The van der Waals surface area contributed by atoms with Gasteiger partial charge in [-0.15, -0.1) is 0 Å². The minimum atomic E-state index is -0.606. The average molecular weight is 469 g/mol. The molecule has 0 saturated carbocycles. The highest BCUT2D eigenvalue weighted by Gasteiger charge is 2.39. The first-order chi connectivity index (χ1) is 16.2. The van der Waals surface area contributed by atoms with Crippen LogP contribution in [0.2, 0.25) is 0 Å². The van der Waals surface area contributed by atoms with Gasteiger partial charge in [-0.25, -0.2) is 8.78 Å². The topological polar surface area (TPSA) is 61.5 Å². The van der Waals surface area contributed by atoms with E-state index in [9.17, 15) is 4.79 Å². The number of fused-ring (bicyclic) bond motifs is 3. The van der Waals surface area contributed by atoms with Crippen LogP contribution in [0.15, 0.2) is 30.5 Å². The number of nitrogens with one attached hydrogen (secondary N) is 1. The van der Waals surface area contributed by atoms with Crippen molar-refractivity contribution in [1.29, 1.82) is 0 Å². The van der Waals surface area contributed by atoms with Crippen LogP contribution >= 0.6 is 0 Å². The number of benzene rings is 2. The van der Waals surface area contributed by atoms with Gasteiger partial charge in [0.05, 0.1) is 24.8 Å². The Morgan fingerprint density at radius 3 is 2.59 bits per heavy atom. The highest BCUT2D eigenvalue weighted by Crippen LogP contribution is 2.44. The van der Waals surface area contributed by atoms with Crippen molar-refractivity contribution in [2.75, 3.05) is 20.1 Å². The molecule has 2 aromatic carbocycles. The molecule has 0 bridgehead atoms. The lowest BCUT2D eigenvalue weighted by Crippen LogP contribution is -2.55. The van der Waals surface area contributed by atoms with E-state index in [4.69, 9.17) is 4.74 Å². The van der Waals surface area contributed by atoms with Crippen LogP contribution < -0.4 is 4.74 Å². The maximum absolute atomic E-state index is 15.6. The summed E-state index contributed by atoms with van der Waals surface area (Å²) in [6.45, 7) is 7.31. The number of carbonyl (C=O) groups is 1. The number of aromatic nitrogens is 2. The smallest absolute Gasteiger partial charge is 0.219 e. The van der Waals surface area contributed by atoms with Crippen LogP contribution in [0.1, 0.15) is 49.8 Å². The number of amides is 1. The van der Waals surface area contributed by atoms with Gasteiger partial charge < -0.3 is 9.64 Å². The molecule has 180 valence electrons. The molecule has 0 aliphatic carbocycles. The second-order valence-electron chi connectivity index (χ2n) is 10.0. The minimum Gasteiger partial charge on any atom is -0.487 e. The third-order valence-electron chi connectivity index (χ3n) is 7.14. The van der Waals surface area contributed by atoms with Crippen LogP contribution in [-0.2, 0) is 11.3 Å². The second kappa shape index (κ2) is 8.65. The van der Waals surface area contributed by atoms with Gasteiger partial charge in [-0.3, -0.25) is 14.8 Å². The van der Waals surface area contributed by atoms with E-state index in [0.29, 0.717) is 25.6 Å². The second-order valence-corrected chi connectivity index (χ2v) is 10.0. The fourth-order valence-corrected chi connectivity index (χ4v) is 5.42. The lowest BCUT2D eigenvalue weighted by atomic mass is 9.75. The number of ether oxygens (including phenoxy) is 1. The molecule has 2 atom stereocenters. The lowest BCUT2D eigenvalue weighted by Gasteiger charge is -2.42. The fraction of sp³-hybridized carbons (Fsp3) is 0.462. The maximum Gasteiger partial charge on any atom is 0.219 e. The molecule has 8 heteroatoms. The predicted octanol–water partition coefficient (Wildman–Crippen LogP) is 4.44. The van der Waals surface area contributed by atoms with E-state index in [2.05, 4.69) is 28.9 Å². The molecule has 6 nitrogen and oxygen atoms in total. The quantitative estimate of drug-likeness (QED) is 0.601. The highest BCUT2D eigenvalue weighted by atomic mass is 19.1. The normalized spacial score (nSPS) is 21.1. The Balaban J connectivity index is 1.54. The van der Waals surface area contributed by atoms with Crippen molar-refractivity contribution in [2.24, 2.45) is 5.92 Å². The Labute approximate surface area is 197 Å². The molecule has 0 unspecified atom stereocenters. The molecular formula is C26H30F2N4O2. The number of aromatic amines is 1. The Morgan fingerprint density at radius 2 is 1.94 bits per heavy atom. The number of carbonyl (C=O) groups excluding carboxylic acids is 1. The molecule has 1 aromatic heterocycles. The summed E-state index contributed by atoms with van der Waals surface area (Å²) in [6, 6.07) is 6.44. The molecule has 3 aromatic rings. The number of nitrogens with zero attached hydrogens (tertiary/aromatic N) is 3. The summed E-state index contributed by atoms with van der Waals surface area (Å²) < 4.78 is 37.0. The molecule has 1 amide bonds. The van der Waals surface area contributed by atoms with E-state index in [1.165, 1.54) is 19.1 Å². The summed E-state index contributed by atoms with van der Waals surface area (Å²) >= 11 is 0. The predicted molar refractivity (Wildman–Crippen MR) is 126 cm³/mol. The van der Waals surface area contributed by atoms with Gasteiger partial charge in [-0.05, 0) is 36.6 Å². The molecule has 1 saturated heterocycles. The van der Waals surface area contributed by atoms with Crippen molar-refractivity contribution in [3.63, 3.8) is 0 Å².